The number of aryl methyl sites for hydroxylation is 1. The summed E-state index contributed by atoms with van der Waals surface area (Å²) in [5.41, 5.74) is 0.875. The van der Waals surface area contributed by atoms with Gasteiger partial charge < -0.3 is 4.74 Å². The summed E-state index contributed by atoms with van der Waals surface area (Å²) in [5, 5.41) is 0. The summed E-state index contributed by atoms with van der Waals surface area (Å²) < 4.78 is 19.3. The van der Waals surface area contributed by atoms with Crippen LogP contribution < -0.4 is 0 Å². The molecule has 1 aromatic carbocycles. The molecule has 26 heavy (non-hydrogen) atoms. The predicted octanol–water partition coefficient (Wildman–Crippen LogP) is 6.46. The number of esters is 1. The molecule has 0 atom stereocenters. The second kappa shape index (κ2) is 9.01. The number of hydrogen-bond acceptors (Lipinski definition) is 2. The summed E-state index contributed by atoms with van der Waals surface area (Å²) >= 11 is 0. The summed E-state index contributed by atoms with van der Waals surface area (Å²) in [7, 11) is 0. The number of carbonyl (C=O) groups is 1. The van der Waals surface area contributed by atoms with E-state index < -0.39 is 0 Å². The predicted molar refractivity (Wildman–Crippen MR) is 103 cm³/mol. The van der Waals surface area contributed by atoms with Gasteiger partial charge in [0.15, 0.2) is 0 Å². The van der Waals surface area contributed by atoms with Crippen molar-refractivity contribution < 1.29 is 13.9 Å². The summed E-state index contributed by atoms with van der Waals surface area (Å²) in [6.45, 7) is 3.99. The van der Waals surface area contributed by atoms with Gasteiger partial charge in [-0.1, -0.05) is 38.7 Å². The standard InChI is InChI=1S/C23H33FO2/c1-3-4-17-6-9-18(10-7-17)19-11-13-21(14-12-19)26-23(25)20-8-5-16(2)22(24)15-20/h5,8,15,17-19,21H,3-4,6-7,9-14H2,1-2H3. The van der Waals surface area contributed by atoms with E-state index in [1.165, 1.54) is 57.4 Å². The van der Waals surface area contributed by atoms with E-state index in [0.717, 1.165) is 30.6 Å². The molecule has 0 radical (unpaired) electrons. The highest BCUT2D eigenvalue weighted by Crippen LogP contribution is 2.41. The van der Waals surface area contributed by atoms with Crippen molar-refractivity contribution in [2.75, 3.05) is 0 Å². The maximum Gasteiger partial charge on any atom is 0.338 e. The van der Waals surface area contributed by atoms with Gasteiger partial charge in [-0.25, -0.2) is 9.18 Å². The van der Waals surface area contributed by atoms with Crippen molar-refractivity contribution in [3.05, 3.63) is 35.1 Å². The fraction of sp³-hybridized carbons (Fsp3) is 0.696. The van der Waals surface area contributed by atoms with Gasteiger partial charge in [-0.15, -0.1) is 0 Å². The zero-order valence-corrected chi connectivity index (χ0v) is 16.3. The van der Waals surface area contributed by atoms with Crippen LogP contribution in [-0.2, 0) is 4.74 Å². The Morgan fingerprint density at radius 3 is 2.23 bits per heavy atom. The van der Waals surface area contributed by atoms with Crippen LogP contribution in [0.2, 0.25) is 0 Å². The van der Waals surface area contributed by atoms with Crippen molar-refractivity contribution in [2.24, 2.45) is 17.8 Å². The van der Waals surface area contributed by atoms with Gasteiger partial charge in [-0.05, 0) is 80.9 Å². The molecule has 0 aromatic heterocycles. The lowest BCUT2D eigenvalue weighted by atomic mass is 9.70. The maximum absolute atomic E-state index is 13.6. The second-order valence-corrected chi connectivity index (χ2v) is 8.48. The molecule has 2 nitrogen and oxygen atoms in total. The molecule has 0 saturated heterocycles. The van der Waals surface area contributed by atoms with Gasteiger partial charge in [0.1, 0.15) is 11.9 Å². The van der Waals surface area contributed by atoms with Gasteiger partial charge in [-0.3, -0.25) is 0 Å². The van der Waals surface area contributed by atoms with Gasteiger partial charge in [-0.2, -0.15) is 0 Å². The van der Waals surface area contributed by atoms with Gasteiger partial charge in [0.2, 0.25) is 0 Å². The minimum atomic E-state index is -0.382. The third kappa shape index (κ3) is 4.86. The smallest absolute Gasteiger partial charge is 0.338 e. The van der Waals surface area contributed by atoms with Crippen molar-refractivity contribution in [3.63, 3.8) is 0 Å². The topological polar surface area (TPSA) is 26.3 Å². The van der Waals surface area contributed by atoms with Crippen LogP contribution >= 0.6 is 0 Å². The third-order valence-electron chi connectivity index (χ3n) is 6.66. The molecular formula is C23H33FO2. The Balaban J connectivity index is 1.44. The van der Waals surface area contributed by atoms with E-state index in [9.17, 15) is 9.18 Å². The number of ether oxygens (including phenoxy) is 1. The molecule has 3 rings (SSSR count). The molecule has 0 bridgehead atoms. The molecule has 0 heterocycles. The van der Waals surface area contributed by atoms with Crippen LogP contribution in [0, 0.1) is 30.5 Å². The molecule has 0 N–H and O–H groups in total. The van der Waals surface area contributed by atoms with E-state index in [0.29, 0.717) is 11.1 Å². The van der Waals surface area contributed by atoms with Gasteiger partial charge in [0.25, 0.3) is 0 Å². The summed E-state index contributed by atoms with van der Waals surface area (Å²) in [4.78, 5) is 12.3. The Morgan fingerprint density at radius 1 is 1.04 bits per heavy atom. The van der Waals surface area contributed by atoms with Gasteiger partial charge in [0.05, 0.1) is 5.56 Å². The summed E-state index contributed by atoms with van der Waals surface area (Å²) in [6.07, 6.45) is 12.6. The Bertz CT molecular complexity index is 596. The molecular weight excluding hydrogens is 327 g/mol. The first-order valence-electron chi connectivity index (χ1n) is 10.5. The Morgan fingerprint density at radius 2 is 1.65 bits per heavy atom. The number of carbonyl (C=O) groups excluding carboxylic acids is 1. The first-order chi connectivity index (χ1) is 12.6. The van der Waals surface area contributed by atoms with E-state index in [4.69, 9.17) is 4.74 Å². The molecule has 0 aliphatic heterocycles. The lowest BCUT2D eigenvalue weighted by Crippen LogP contribution is -2.29. The first-order valence-corrected chi connectivity index (χ1v) is 10.5. The average Bonchev–Trinajstić information content (AvgIpc) is 2.65. The SMILES string of the molecule is CCCC1CCC(C2CCC(OC(=O)c3ccc(C)c(F)c3)CC2)CC1. The zero-order valence-electron chi connectivity index (χ0n) is 16.3. The van der Waals surface area contributed by atoms with Crippen molar-refractivity contribution in [3.8, 4) is 0 Å². The van der Waals surface area contributed by atoms with Crippen LogP contribution in [0.15, 0.2) is 18.2 Å². The van der Waals surface area contributed by atoms with Crippen molar-refractivity contribution in [1.82, 2.24) is 0 Å². The lowest BCUT2D eigenvalue weighted by molar-refractivity contribution is 0.0109. The summed E-state index contributed by atoms with van der Waals surface area (Å²) in [5.74, 6) is 1.92. The Labute approximate surface area is 157 Å². The number of rotatable bonds is 5. The second-order valence-electron chi connectivity index (χ2n) is 8.48. The summed E-state index contributed by atoms with van der Waals surface area (Å²) in [6, 6.07) is 4.58. The molecule has 0 spiro atoms. The Kier molecular flexibility index (Phi) is 6.72. The number of halogens is 1. The van der Waals surface area contributed by atoms with E-state index in [1.54, 1.807) is 19.1 Å². The Hall–Kier alpha value is -1.38. The average molecular weight is 361 g/mol. The molecule has 0 amide bonds. The highest BCUT2D eigenvalue weighted by atomic mass is 19.1. The van der Waals surface area contributed by atoms with Crippen LogP contribution in [0.1, 0.15) is 87.1 Å². The van der Waals surface area contributed by atoms with Crippen molar-refractivity contribution in [2.45, 2.75) is 84.2 Å². The normalized spacial score (nSPS) is 29.3. The van der Waals surface area contributed by atoms with Crippen LogP contribution in [-0.4, -0.2) is 12.1 Å². The molecule has 2 aliphatic rings. The lowest BCUT2D eigenvalue weighted by Gasteiger charge is -2.37. The highest BCUT2D eigenvalue weighted by Gasteiger charge is 2.31. The van der Waals surface area contributed by atoms with Crippen LogP contribution in [0.25, 0.3) is 0 Å². The highest BCUT2D eigenvalue weighted by molar-refractivity contribution is 5.89. The molecule has 2 fully saturated rings. The van der Waals surface area contributed by atoms with Crippen molar-refractivity contribution >= 4 is 5.97 Å². The van der Waals surface area contributed by atoms with Crippen LogP contribution in [0.4, 0.5) is 4.39 Å². The quantitative estimate of drug-likeness (QED) is 0.564. The minimum absolute atomic E-state index is 0.000422. The first kappa shape index (κ1) is 19.4. The van der Waals surface area contributed by atoms with Crippen LogP contribution in [0.5, 0.6) is 0 Å². The third-order valence-corrected chi connectivity index (χ3v) is 6.66. The minimum Gasteiger partial charge on any atom is -0.459 e. The fourth-order valence-electron chi connectivity index (χ4n) is 4.97. The zero-order chi connectivity index (χ0) is 18.5. The molecule has 2 saturated carbocycles. The molecule has 0 unspecified atom stereocenters. The van der Waals surface area contributed by atoms with Crippen molar-refractivity contribution in [1.29, 1.82) is 0 Å². The van der Waals surface area contributed by atoms with Gasteiger partial charge >= 0.3 is 5.97 Å². The molecule has 2 aliphatic carbocycles. The van der Waals surface area contributed by atoms with Gasteiger partial charge in [0, 0.05) is 0 Å². The molecule has 1 aromatic rings. The van der Waals surface area contributed by atoms with E-state index in [1.807, 2.05) is 0 Å². The molecule has 144 valence electrons. The monoisotopic (exact) mass is 360 g/mol. The number of benzene rings is 1. The van der Waals surface area contributed by atoms with E-state index in [2.05, 4.69) is 6.92 Å². The largest absolute Gasteiger partial charge is 0.459 e. The van der Waals surface area contributed by atoms with E-state index in [-0.39, 0.29) is 17.9 Å². The van der Waals surface area contributed by atoms with Crippen LogP contribution in [0.3, 0.4) is 0 Å². The maximum atomic E-state index is 13.6. The van der Waals surface area contributed by atoms with E-state index >= 15 is 0 Å². The number of hydrogen-bond donors (Lipinski definition) is 0. The fourth-order valence-corrected chi connectivity index (χ4v) is 4.97. The molecule has 3 heteroatoms.